The van der Waals surface area contributed by atoms with E-state index < -0.39 is 0 Å². The van der Waals surface area contributed by atoms with E-state index in [0.717, 1.165) is 22.6 Å². The minimum absolute atomic E-state index is 0. The van der Waals surface area contributed by atoms with Gasteiger partial charge in [-0.3, -0.25) is 4.99 Å². The van der Waals surface area contributed by atoms with Gasteiger partial charge < -0.3 is 24.8 Å². The highest BCUT2D eigenvalue weighted by molar-refractivity contribution is 14.0. The summed E-state index contributed by atoms with van der Waals surface area (Å²) in [5.41, 5.74) is 2.12. The van der Waals surface area contributed by atoms with E-state index in [1.807, 2.05) is 44.2 Å². The minimum Gasteiger partial charge on any atom is -0.490 e. The first-order chi connectivity index (χ1) is 13.6. The van der Waals surface area contributed by atoms with Crippen molar-refractivity contribution in [1.82, 2.24) is 15.6 Å². The number of aliphatic imine (C=N–C) groups is 1. The molecule has 8 heteroatoms. The van der Waals surface area contributed by atoms with Crippen molar-refractivity contribution < 1.29 is 14.2 Å². The third kappa shape index (κ3) is 7.60. The number of aromatic nitrogens is 1. The van der Waals surface area contributed by atoms with Crippen molar-refractivity contribution in [3.8, 4) is 17.4 Å². The van der Waals surface area contributed by atoms with Gasteiger partial charge in [0.05, 0.1) is 26.4 Å². The fourth-order valence-corrected chi connectivity index (χ4v) is 2.64. The molecule has 1 heterocycles. The topological polar surface area (TPSA) is 77.0 Å². The number of benzene rings is 1. The van der Waals surface area contributed by atoms with Crippen molar-refractivity contribution in [2.45, 2.75) is 33.4 Å². The Morgan fingerprint density at radius 1 is 1.10 bits per heavy atom. The summed E-state index contributed by atoms with van der Waals surface area (Å²) in [4.78, 5) is 8.51. The number of ether oxygens (including phenoxy) is 3. The summed E-state index contributed by atoms with van der Waals surface area (Å²) in [5, 5.41) is 6.69. The van der Waals surface area contributed by atoms with Gasteiger partial charge >= 0.3 is 0 Å². The fourth-order valence-electron chi connectivity index (χ4n) is 2.64. The molecule has 2 aromatic rings. The number of halogens is 1. The Morgan fingerprint density at radius 3 is 2.41 bits per heavy atom. The number of guanidine groups is 1. The van der Waals surface area contributed by atoms with Crippen molar-refractivity contribution >= 4 is 29.9 Å². The second-order valence-corrected chi connectivity index (χ2v) is 6.07. The van der Waals surface area contributed by atoms with Crippen molar-refractivity contribution in [2.24, 2.45) is 4.99 Å². The largest absolute Gasteiger partial charge is 0.490 e. The summed E-state index contributed by atoms with van der Waals surface area (Å²) in [7, 11) is 3.35. The first-order valence-electron chi connectivity index (χ1n) is 9.46. The number of hydrogen-bond acceptors (Lipinski definition) is 5. The Morgan fingerprint density at radius 2 is 1.83 bits per heavy atom. The van der Waals surface area contributed by atoms with E-state index in [9.17, 15) is 0 Å². The summed E-state index contributed by atoms with van der Waals surface area (Å²) in [6, 6.07) is 9.83. The zero-order chi connectivity index (χ0) is 20.4. The number of pyridine rings is 1. The standard InChI is InChI=1S/C21H30N4O3.HI/c1-6-27-18-10-9-17(12-19(18)28-7-2)15(3)25-21(22-4)24-14-16-8-11-20(26-5)23-13-16;/h8-13,15H,6-7,14H2,1-5H3,(H2,22,24,25);1H. The average Bonchev–Trinajstić information content (AvgIpc) is 2.72. The Kier molecular flexibility index (Phi) is 11.2. The molecule has 0 aliphatic heterocycles. The van der Waals surface area contributed by atoms with Crippen molar-refractivity contribution in [1.29, 1.82) is 0 Å². The van der Waals surface area contributed by atoms with E-state index in [4.69, 9.17) is 14.2 Å². The fraction of sp³-hybridized carbons (Fsp3) is 0.429. The van der Waals surface area contributed by atoms with Crippen LogP contribution in [-0.2, 0) is 6.54 Å². The molecular weight excluding hydrogens is 483 g/mol. The molecule has 0 aliphatic carbocycles. The van der Waals surface area contributed by atoms with Gasteiger partial charge in [-0.05, 0) is 44.0 Å². The van der Waals surface area contributed by atoms with E-state index in [1.165, 1.54) is 0 Å². The van der Waals surface area contributed by atoms with Crippen LogP contribution in [0.1, 0.15) is 37.9 Å². The van der Waals surface area contributed by atoms with Crippen molar-refractivity contribution in [3.05, 3.63) is 47.7 Å². The number of nitrogens with one attached hydrogen (secondary N) is 2. The number of hydrogen-bond donors (Lipinski definition) is 2. The average molecular weight is 514 g/mol. The molecule has 0 amide bonds. The molecule has 29 heavy (non-hydrogen) atoms. The number of rotatable bonds is 9. The molecule has 2 rings (SSSR count). The van der Waals surface area contributed by atoms with Crippen LogP contribution in [0, 0.1) is 0 Å². The lowest BCUT2D eigenvalue weighted by atomic mass is 10.1. The lowest BCUT2D eigenvalue weighted by Crippen LogP contribution is -2.38. The second-order valence-electron chi connectivity index (χ2n) is 6.07. The van der Waals surface area contributed by atoms with Gasteiger partial charge in [-0.25, -0.2) is 4.98 Å². The van der Waals surface area contributed by atoms with Crippen LogP contribution in [-0.4, -0.2) is 38.3 Å². The third-order valence-electron chi connectivity index (χ3n) is 4.11. The van der Waals surface area contributed by atoms with Crippen LogP contribution in [0.25, 0.3) is 0 Å². The van der Waals surface area contributed by atoms with Gasteiger partial charge in [0.25, 0.3) is 0 Å². The third-order valence-corrected chi connectivity index (χ3v) is 4.11. The first kappa shape index (κ1) is 24.8. The van der Waals surface area contributed by atoms with Gasteiger partial charge in [0.2, 0.25) is 5.88 Å². The highest BCUT2D eigenvalue weighted by atomic mass is 127. The van der Waals surface area contributed by atoms with E-state index in [0.29, 0.717) is 31.6 Å². The molecule has 0 bridgehead atoms. The van der Waals surface area contributed by atoms with Crippen LogP contribution >= 0.6 is 24.0 Å². The molecule has 0 fully saturated rings. The van der Waals surface area contributed by atoms with Crippen LogP contribution < -0.4 is 24.8 Å². The molecule has 1 atom stereocenters. The molecule has 0 spiro atoms. The number of nitrogens with zero attached hydrogens (tertiary/aromatic N) is 2. The molecule has 0 radical (unpaired) electrons. The van der Waals surface area contributed by atoms with Crippen LogP contribution in [0.2, 0.25) is 0 Å². The Balaban J connectivity index is 0.00000420. The Labute approximate surface area is 190 Å². The van der Waals surface area contributed by atoms with E-state index in [-0.39, 0.29) is 30.0 Å². The maximum Gasteiger partial charge on any atom is 0.212 e. The first-order valence-corrected chi connectivity index (χ1v) is 9.46. The Hall–Kier alpha value is -2.23. The summed E-state index contributed by atoms with van der Waals surface area (Å²) in [5.74, 6) is 2.81. The van der Waals surface area contributed by atoms with Crippen molar-refractivity contribution in [3.63, 3.8) is 0 Å². The summed E-state index contributed by atoms with van der Waals surface area (Å²) < 4.78 is 16.4. The molecule has 0 saturated carbocycles. The molecule has 1 aromatic heterocycles. The smallest absolute Gasteiger partial charge is 0.212 e. The van der Waals surface area contributed by atoms with Crippen LogP contribution in [0.3, 0.4) is 0 Å². The van der Waals surface area contributed by atoms with Crippen LogP contribution in [0.4, 0.5) is 0 Å². The van der Waals surface area contributed by atoms with Crippen molar-refractivity contribution in [2.75, 3.05) is 27.4 Å². The Bertz CT molecular complexity index is 769. The van der Waals surface area contributed by atoms with Gasteiger partial charge in [-0.15, -0.1) is 24.0 Å². The summed E-state index contributed by atoms with van der Waals surface area (Å²) in [6.45, 7) is 7.80. The lowest BCUT2D eigenvalue weighted by Gasteiger charge is -2.20. The molecular formula is C21H31IN4O3. The minimum atomic E-state index is 0. The highest BCUT2D eigenvalue weighted by Gasteiger charge is 2.12. The normalized spacial score (nSPS) is 11.8. The maximum atomic E-state index is 5.72. The number of methoxy groups -OCH3 is 1. The predicted molar refractivity (Wildman–Crippen MR) is 127 cm³/mol. The van der Waals surface area contributed by atoms with Gasteiger partial charge in [0.1, 0.15) is 0 Å². The van der Waals surface area contributed by atoms with Gasteiger partial charge in [-0.2, -0.15) is 0 Å². The van der Waals surface area contributed by atoms with Gasteiger partial charge in [0, 0.05) is 25.9 Å². The van der Waals surface area contributed by atoms with Crippen LogP contribution in [0.15, 0.2) is 41.5 Å². The SMILES string of the molecule is CCOc1ccc(C(C)NC(=NC)NCc2ccc(OC)nc2)cc1OCC.I. The molecule has 0 aliphatic rings. The maximum absolute atomic E-state index is 5.72. The molecule has 1 unspecified atom stereocenters. The lowest BCUT2D eigenvalue weighted by molar-refractivity contribution is 0.287. The van der Waals surface area contributed by atoms with Gasteiger partial charge in [0.15, 0.2) is 17.5 Å². The molecule has 1 aromatic carbocycles. The molecule has 160 valence electrons. The summed E-state index contributed by atoms with van der Waals surface area (Å²) in [6.07, 6.45) is 1.78. The van der Waals surface area contributed by atoms with Crippen LogP contribution in [0.5, 0.6) is 17.4 Å². The zero-order valence-electron chi connectivity index (χ0n) is 17.7. The highest BCUT2D eigenvalue weighted by Crippen LogP contribution is 2.30. The van der Waals surface area contributed by atoms with E-state index in [1.54, 1.807) is 20.4 Å². The van der Waals surface area contributed by atoms with E-state index in [2.05, 4.69) is 27.5 Å². The zero-order valence-corrected chi connectivity index (χ0v) is 20.0. The monoisotopic (exact) mass is 514 g/mol. The van der Waals surface area contributed by atoms with Gasteiger partial charge in [-0.1, -0.05) is 12.1 Å². The molecule has 2 N–H and O–H groups in total. The van der Waals surface area contributed by atoms with E-state index >= 15 is 0 Å². The quantitative estimate of drug-likeness (QED) is 0.300. The molecule has 7 nitrogen and oxygen atoms in total. The second kappa shape index (κ2) is 13.1. The summed E-state index contributed by atoms with van der Waals surface area (Å²) >= 11 is 0. The predicted octanol–water partition coefficient (Wildman–Crippen LogP) is 3.93. The molecule has 0 saturated heterocycles.